The second-order valence-electron chi connectivity index (χ2n) is 11.1. The number of aromatic nitrogens is 2. The van der Waals surface area contributed by atoms with Crippen LogP contribution < -0.4 is 20.4 Å². The summed E-state index contributed by atoms with van der Waals surface area (Å²) in [6.45, 7) is 10.6. The lowest BCUT2D eigenvalue weighted by Gasteiger charge is -2.33. The van der Waals surface area contributed by atoms with Gasteiger partial charge < -0.3 is 20.4 Å². The Bertz CT molecular complexity index is 1340. The third-order valence-corrected chi connectivity index (χ3v) is 7.55. The molecule has 0 saturated carbocycles. The van der Waals surface area contributed by atoms with E-state index in [1.54, 1.807) is 13.1 Å². The molecule has 2 aliphatic heterocycles. The highest BCUT2D eigenvalue weighted by Gasteiger charge is 2.37. The molecule has 3 aromatic rings. The molecule has 1 atom stereocenters. The van der Waals surface area contributed by atoms with Gasteiger partial charge in [0, 0.05) is 56.1 Å². The first-order chi connectivity index (χ1) is 18.2. The molecule has 0 radical (unpaired) electrons. The Hall–Kier alpha value is -3.94. The maximum absolute atomic E-state index is 12.9. The lowest BCUT2D eigenvalue weighted by atomic mass is 9.87. The molecule has 1 aromatic heterocycles. The molecule has 3 heterocycles. The van der Waals surface area contributed by atoms with Gasteiger partial charge in [-0.15, -0.1) is 0 Å². The monoisotopic (exact) mass is 512 g/mol. The van der Waals surface area contributed by atoms with E-state index in [9.17, 15) is 9.59 Å². The minimum absolute atomic E-state index is 0.0368. The van der Waals surface area contributed by atoms with Crippen molar-refractivity contribution in [2.45, 2.75) is 52.5 Å². The van der Waals surface area contributed by atoms with Crippen molar-refractivity contribution in [1.29, 1.82) is 0 Å². The molecular weight excluding hydrogens is 476 g/mol. The topological polar surface area (TPSA) is 90.5 Å². The van der Waals surface area contributed by atoms with Gasteiger partial charge >= 0.3 is 0 Å². The summed E-state index contributed by atoms with van der Waals surface area (Å²) in [5.41, 5.74) is 5.14. The van der Waals surface area contributed by atoms with Gasteiger partial charge in [0.15, 0.2) is 0 Å². The van der Waals surface area contributed by atoms with Crippen molar-refractivity contribution in [2.75, 3.05) is 34.8 Å². The smallest absolute Gasteiger partial charge is 0.229 e. The Morgan fingerprint density at radius 2 is 1.89 bits per heavy atom. The lowest BCUT2D eigenvalue weighted by molar-refractivity contribution is -0.125. The summed E-state index contributed by atoms with van der Waals surface area (Å²) >= 11 is 0. The van der Waals surface area contributed by atoms with Crippen molar-refractivity contribution in [3.05, 3.63) is 71.4 Å². The van der Waals surface area contributed by atoms with Crippen LogP contribution in [-0.4, -0.2) is 41.4 Å². The Morgan fingerprint density at radius 1 is 1.11 bits per heavy atom. The number of benzene rings is 2. The second kappa shape index (κ2) is 10.4. The highest BCUT2D eigenvalue weighted by atomic mass is 16.2. The fourth-order valence-corrected chi connectivity index (χ4v) is 5.40. The molecule has 2 amide bonds. The molecule has 1 saturated heterocycles. The maximum atomic E-state index is 12.9. The van der Waals surface area contributed by atoms with Gasteiger partial charge in [-0.25, -0.2) is 4.98 Å². The first-order valence-electron chi connectivity index (χ1n) is 13.3. The molecule has 38 heavy (non-hydrogen) atoms. The third-order valence-electron chi connectivity index (χ3n) is 7.55. The minimum atomic E-state index is -0.0901. The van der Waals surface area contributed by atoms with E-state index >= 15 is 0 Å². The zero-order valence-corrected chi connectivity index (χ0v) is 22.6. The number of rotatable bonds is 6. The van der Waals surface area contributed by atoms with Gasteiger partial charge in [0.1, 0.15) is 5.82 Å². The van der Waals surface area contributed by atoms with E-state index in [1.807, 2.05) is 23.1 Å². The molecule has 8 heteroatoms. The van der Waals surface area contributed by atoms with Crippen LogP contribution in [0.3, 0.4) is 0 Å². The summed E-state index contributed by atoms with van der Waals surface area (Å²) in [6.07, 6.45) is 3.53. The number of hydrogen-bond donors (Lipinski definition) is 2. The van der Waals surface area contributed by atoms with Gasteiger partial charge in [-0.2, -0.15) is 4.98 Å². The van der Waals surface area contributed by atoms with E-state index in [1.165, 1.54) is 5.56 Å². The predicted molar refractivity (Wildman–Crippen MR) is 151 cm³/mol. The summed E-state index contributed by atoms with van der Waals surface area (Å²) in [6, 6.07) is 16.2. The summed E-state index contributed by atoms with van der Waals surface area (Å²) in [5.74, 6) is 1.32. The van der Waals surface area contributed by atoms with Crippen LogP contribution in [0, 0.1) is 12.8 Å². The zero-order valence-electron chi connectivity index (χ0n) is 22.6. The fourth-order valence-electron chi connectivity index (χ4n) is 5.40. The van der Waals surface area contributed by atoms with Crippen LogP contribution in [0.1, 0.15) is 50.3 Å². The molecule has 0 bridgehead atoms. The number of anilines is 4. The quantitative estimate of drug-likeness (QED) is 0.497. The molecule has 2 aliphatic rings. The van der Waals surface area contributed by atoms with E-state index in [0.29, 0.717) is 25.6 Å². The zero-order chi connectivity index (χ0) is 26.9. The second-order valence-corrected chi connectivity index (χ2v) is 11.1. The van der Waals surface area contributed by atoms with Crippen LogP contribution in [0.2, 0.25) is 0 Å². The minimum Gasteiger partial charge on any atom is -0.356 e. The van der Waals surface area contributed by atoms with Crippen LogP contribution in [0.4, 0.5) is 23.1 Å². The number of nitrogens with one attached hydrogen (secondary N) is 2. The largest absolute Gasteiger partial charge is 0.356 e. The number of aryl methyl sites for hydroxylation is 1. The molecule has 8 nitrogen and oxygen atoms in total. The molecule has 0 spiro atoms. The maximum Gasteiger partial charge on any atom is 0.229 e. The Kier molecular flexibility index (Phi) is 7.06. The molecule has 1 fully saturated rings. The summed E-state index contributed by atoms with van der Waals surface area (Å²) in [4.78, 5) is 38.3. The highest BCUT2D eigenvalue weighted by molar-refractivity contribution is 5.95. The molecule has 0 unspecified atom stereocenters. The van der Waals surface area contributed by atoms with Gasteiger partial charge in [-0.3, -0.25) is 9.59 Å². The van der Waals surface area contributed by atoms with Crippen molar-refractivity contribution in [3.63, 3.8) is 0 Å². The van der Waals surface area contributed by atoms with E-state index < -0.39 is 0 Å². The van der Waals surface area contributed by atoms with Crippen molar-refractivity contribution < 1.29 is 9.59 Å². The fraction of sp³-hybridized carbons (Fsp3) is 0.400. The van der Waals surface area contributed by atoms with Crippen molar-refractivity contribution >= 4 is 35.0 Å². The van der Waals surface area contributed by atoms with E-state index in [4.69, 9.17) is 4.98 Å². The number of nitrogens with zero attached hydrogens (tertiary/aromatic N) is 4. The van der Waals surface area contributed by atoms with Gasteiger partial charge in [0.05, 0.1) is 5.92 Å². The molecule has 0 aliphatic carbocycles. The van der Waals surface area contributed by atoms with Crippen molar-refractivity contribution in [3.8, 4) is 0 Å². The Morgan fingerprint density at radius 3 is 2.66 bits per heavy atom. The number of fused-ring (bicyclic) bond motifs is 1. The average molecular weight is 513 g/mol. The SMILES string of the molecule is CC(=O)N1CC(C)(C)c2ccc(Nc3nccc(N4CCC[C@H](C(=O)NCc5ccc(C)cc5)C4)n3)cc21. The van der Waals surface area contributed by atoms with Crippen LogP contribution in [-0.2, 0) is 21.5 Å². The van der Waals surface area contributed by atoms with Crippen molar-refractivity contribution in [2.24, 2.45) is 5.92 Å². The van der Waals surface area contributed by atoms with E-state index in [2.05, 4.69) is 71.6 Å². The summed E-state index contributed by atoms with van der Waals surface area (Å²) < 4.78 is 0. The number of piperidine rings is 1. The van der Waals surface area contributed by atoms with E-state index in [-0.39, 0.29) is 23.1 Å². The molecule has 198 valence electrons. The Labute approximate surface area is 224 Å². The number of carbonyl (C=O) groups excluding carboxylic acids is 2. The first kappa shape index (κ1) is 25.7. The van der Waals surface area contributed by atoms with Crippen molar-refractivity contribution in [1.82, 2.24) is 15.3 Å². The first-order valence-corrected chi connectivity index (χ1v) is 13.3. The van der Waals surface area contributed by atoms with E-state index in [0.717, 1.165) is 47.7 Å². The number of amides is 2. The van der Waals surface area contributed by atoms with Gasteiger partial charge in [-0.05, 0) is 49.1 Å². The highest BCUT2D eigenvalue weighted by Crippen LogP contribution is 2.42. The van der Waals surface area contributed by atoms with Crippen LogP contribution in [0.25, 0.3) is 0 Å². The average Bonchev–Trinajstić information content (AvgIpc) is 3.18. The molecule has 5 rings (SSSR count). The van der Waals surface area contributed by atoms with Crippen LogP contribution in [0.15, 0.2) is 54.7 Å². The third kappa shape index (κ3) is 5.49. The summed E-state index contributed by atoms with van der Waals surface area (Å²) in [7, 11) is 0. The van der Waals surface area contributed by atoms with Gasteiger partial charge in [0.2, 0.25) is 17.8 Å². The number of carbonyl (C=O) groups is 2. The summed E-state index contributed by atoms with van der Waals surface area (Å²) in [5, 5.41) is 6.41. The molecule has 2 aromatic carbocycles. The van der Waals surface area contributed by atoms with Gasteiger partial charge in [-0.1, -0.05) is 49.7 Å². The van der Waals surface area contributed by atoms with Gasteiger partial charge in [0.25, 0.3) is 0 Å². The predicted octanol–water partition coefficient (Wildman–Crippen LogP) is 4.71. The van der Waals surface area contributed by atoms with Crippen LogP contribution >= 0.6 is 0 Å². The van der Waals surface area contributed by atoms with Crippen LogP contribution in [0.5, 0.6) is 0 Å². The standard InChI is InChI=1S/C30H36N6O2/c1-20-7-9-22(10-8-20)17-32-28(38)23-6-5-15-35(18-23)27-13-14-31-29(34-27)33-24-11-12-25-26(16-24)36(21(2)37)19-30(25,3)4/h7-14,16,23H,5-6,15,17-19H2,1-4H3,(H,32,38)(H,31,33,34)/t23-/m0/s1. The number of hydrogen-bond acceptors (Lipinski definition) is 6. The Balaban J connectivity index is 1.25. The lowest BCUT2D eigenvalue weighted by Crippen LogP contribution is -2.43. The molecule has 2 N–H and O–H groups in total. The molecular formula is C30H36N6O2. The normalized spacial score (nSPS) is 18.2.